The van der Waals surface area contributed by atoms with E-state index in [2.05, 4.69) is 5.32 Å². The lowest BCUT2D eigenvalue weighted by molar-refractivity contribution is -0.152. The molecule has 0 radical (unpaired) electrons. The van der Waals surface area contributed by atoms with Gasteiger partial charge in [-0.3, -0.25) is 24.5 Å². The minimum absolute atomic E-state index is 0.202. The highest BCUT2D eigenvalue weighted by atomic mass is 32.2. The van der Waals surface area contributed by atoms with E-state index in [1.54, 1.807) is 30.3 Å². The molecule has 2 aliphatic heterocycles. The number of amides is 2. The van der Waals surface area contributed by atoms with Crippen LogP contribution in [0.3, 0.4) is 0 Å². The smallest absolute Gasteiger partial charge is 0.326 e. The predicted molar refractivity (Wildman–Crippen MR) is 126 cm³/mol. The number of Topliss-reactive ketones (excluding diaryl/α,β-unsaturated/α-hetero) is 1. The van der Waals surface area contributed by atoms with Crippen LogP contribution in [0.15, 0.2) is 48.5 Å². The number of ether oxygens (including phenoxy) is 1. The summed E-state index contributed by atoms with van der Waals surface area (Å²) in [4.78, 5) is 53.6. The number of ketones is 1. The minimum atomic E-state index is -1.50. The summed E-state index contributed by atoms with van der Waals surface area (Å²) in [6, 6.07) is 11.3. The molecule has 2 aromatic carbocycles. The summed E-state index contributed by atoms with van der Waals surface area (Å²) in [5.74, 6) is -4.15. The van der Waals surface area contributed by atoms with Gasteiger partial charge < -0.3 is 4.74 Å². The Hall–Kier alpha value is -3.04. The first kappa shape index (κ1) is 24.1. The number of carbonyl (C=O) groups is 4. The van der Waals surface area contributed by atoms with Crippen molar-refractivity contribution in [3.05, 3.63) is 65.5 Å². The number of thioether (sulfide) groups is 1. The van der Waals surface area contributed by atoms with Gasteiger partial charge in [-0.2, -0.15) is 11.8 Å². The van der Waals surface area contributed by atoms with Crippen LogP contribution < -0.4 is 10.2 Å². The molecule has 0 unspecified atom stereocenters. The number of nitrogens with one attached hydrogen (secondary N) is 1. The third-order valence-electron chi connectivity index (χ3n) is 6.66. The first-order valence-electron chi connectivity index (χ1n) is 10.8. The standard InChI is InChI=1S/C25H25FN2O5S/c1-14(29)15-7-6-8-16(13-15)28-22(30)19-20(23(28)31)25(11-12-34-3,24(32)33-2)27-21(19)17-9-4-5-10-18(17)26/h4-10,13,19-21,27H,11-12H2,1-3H3/t19-,20-,21-,25+/m0/s1. The van der Waals surface area contributed by atoms with Crippen molar-refractivity contribution in [1.29, 1.82) is 0 Å². The van der Waals surface area contributed by atoms with Crippen LogP contribution in [0.2, 0.25) is 0 Å². The van der Waals surface area contributed by atoms with Gasteiger partial charge >= 0.3 is 5.97 Å². The molecule has 4 rings (SSSR count). The van der Waals surface area contributed by atoms with Crippen molar-refractivity contribution < 1.29 is 28.3 Å². The van der Waals surface area contributed by atoms with Crippen LogP contribution in [0.5, 0.6) is 0 Å². The molecule has 9 heteroatoms. The van der Waals surface area contributed by atoms with Gasteiger partial charge in [-0.05, 0) is 43.6 Å². The second-order valence-corrected chi connectivity index (χ2v) is 9.46. The summed E-state index contributed by atoms with van der Waals surface area (Å²) in [6.45, 7) is 1.39. The van der Waals surface area contributed by atoms with Crippen LogP contribution in [0.1, 0.15) is 35.3 Å². The van der Waals surface area contributed by atoms with E-state index >= 15 is 0 Å². The summed E-state index contributed by atoms with van der Waals surface area (Å²) in [6.07, 6.45) is 2.08. The first-order valence-corrected chi connectivity index (χ1v) is 12.2. The van der Waals surface area contributed by atoms with E-state index in [9.17, 15) is 23.6 Å². The van der Waals surface area contributed by atoms with Crippen molar-refractivity contribution in [2.75, 3.05) is 24.0 Å². The summed E-state index contributed by atoms with van der Waals surface area (Å²) in [5, 5.41) is 3.16. The Morgan fingerprint density at radius 3 is 2.53 bits per heavy atom. The molecule has 2 fully saturated rings. The molecular weight excluding hydrogens is 459 g/mol. The highest BCUT2D eigenvalue weighted by Crippen LogP contribution is 2.51. The number of hydrogen-bond acceptors (Lipinski definition) is 7. The van der Waals surface area contributed by atoms with E-state index in [0.717, 1.165) is 4.90 Å². The van der Waals surface area contributed by atoms with Crippen LogP contribution >= 0.6 is 11.8 Å². The third-order valence-corrected chi connectivity index (χ3v) is 7.27. The number of anilines is 1. The average Bonchev–Trinajstić information content (AvgIpc) is 3.31. The number of hydrogen-bond donors (Lipinski definition) is 1. The zero-order chi connectivity index (χ0) is 24.6. The topological polar surface area (TPSA) is 92.8 Å². The van der Waals surface area contributed by atoms with Crippen LogP contribution in [-0.2, 0) is 19.1 Å². The highest BCUT2D eigenvalue weighted by Gasteiger charge is 2.68. The molecule has 1 N–H and O–H groups in total. The summed E-state index contributed by atoms with van der Waals surface area (Å²) < 4.78 is 20.0. The van der Waals surface area contributed by atoms with Gasteiger partial charge in [-0.25, -0.2) is 9.29 Å². The molecule has 0 aromatic heterocycles. The lowest BCUT2D eigenvalue weighted by atomic mass is 9.78. The molecule has 2 aliphatic rings. The molecule has 2 saturated heterocycles. The van der Waals surface area contributed by atoms with Gasteiger partial charge in [-0.15, -0.1) is 0 Å². The molecule has 2 aromatic rings. The Bertz CT molecular complexity index is 1170. The van der Waals surface area contributed by atoms with Gasteiger partial charge in [0.1, 0.15) is 11.4 Å². The molecule has 7 nitrogen and oxygen atoms in total. The number of methoxy groups -OCH3 is 1. The molecule has 2 amide bonds. The van der Waals surface area contributed by atoms with E-state index < -0.39 is 47.0 Å². The van der Waals surface area contributed by atoms with E-state index in [-0.39, 0.29) is 23.5 Å². The van der Waals surface area contributed by atoms with Crippen LogP contribution in [0.25, 0.3) is 0 Å². The monoisotopic (exact) mass is 484 g/mol. The largest absolute Gasteiger partial charge is 0.468 e. The normalized spacial score (nSPS) is 26.0. The van der Waals surface area contributed by atoms with Gasteiger partial charge in [0, 0.05) is 17.2 Å². The maximum absolute atomic E-state index is 14.9. The van der Waals surface area contributed by atoms with Gasteiger partial charge in [0.2, 0.25) is 11.8 Å². The van der Waals surface area contributed by atoms with E-state index in [4.69, 9.17) is 4.74 Å². The minimum Gasteiger partial charge on any atom is -0.468 e. The van der Waals surface area contributed by atoms with Gasteiger partial charge in [-0.1, -0.05) is 30.3 Å². The van der Waals surface area contributed by atoms with Crippen LogP contribution in [0.4, 0.5) is 10.1 Å². The first-order chi connectivity index (χ1) is 16.3. The molecule has 178 valence electrons. The van der Waals surface area contributed by atoms with Gasteiger partial charge in [0.05, 0.1) is 24.6 Å². The lowest BCUT2D eigenvalue weighted by Gasteiger charge is -2.32. The zero-order valence-electron chi connectivity index (χ0n) is 19.0. The van der Waals surface area contributed by atoms with Crippen molar-refractivity contribution in [1.82, 2.24) is 5.32 Å². The van der Waals surface area contributed by atoms with Crippen molar-refractivity contribution >= 4 is 41.0 Å². The van der Waals surface area contributed by atoms with Crippen LogP contribution in [-0.4, -0.2) is 48.2 Å². The second kappa shape index (κ2) is 9.31. The van der Waals surface area contributed by atoms with Crippen molar-refractivity contribution in [2.24, 2.45) is 11.8 Å². The Morgan fingerprint density at radius 1 is 1.15 bits per heavy atom. The Balaban J connectivity index is 1.88. The number of benzene rings is 2. The Labute approximate surface area is 201 Å². The number of esters is 1. The molecule has 2 heterocycles. The van der Waals surface area contributed by atoms with Gasteiger partial charge in [0.15, 0.2) is 5.78 Å². The molecule has 0 spiro atoms. The quantitative estimate of drug-likeness (QED) is 0.367. The summed E-state index contributed by atoms with van der Waals surface area (Å²) in [5.41, 5.74) is -0.712. The maximum atomic E-state index is 14.9. The number of fused-ring (bicyclic) bond motifs is 1. The SMILES string of the molecule is COC(=O)[C@]1(CCSC)N[C@@H](c2ccccc2F)[C@H]2C(=O)N(c3cccc(C(C)=O)c3)C(=O)[C@H]21. The maximum Gasteiger partial charge on any atom is 0.326 e. The number of imide groups is 1. The fourth-order valence-electron chi connectivity index (χ4n) is 5.08. The lowest BCUT2D eigenvalue weighted by Crippen LogP contribution is -2.56. The fourth-order valence-corrected chi connectivity index (χ4v) is 5.61. The molecule has 4 atom stereocenters. The molecular formula is C25H25FN2O5S. The Kier molecular flexibility index (Phi) is 6.60. The van der Waals surface area contributed by atoms with E-state index in [0.29, 0.717) is 11.3 Å². The fraction of sp³-hybridized carbons (Fsp3) is 0.360. The van der Waals surface area contributed by atoms with Crippen molar-refractivity contribution in [2.45, 2.75) is 24.9 Å². The van der Waals surface area contributed by atoms with Gasteiger partial charge in [0.25, 0.3) is 0 Å². The number of halogens is 1. The molecule has 0 bridgehead atoms. The molecule has 34 heavy (non-hydrogen) atoms. The van der Waals surface area contributed by atoms with E-state index in [1.807, 2.05) is 6.26 Å². The summed E-state index contributed by atoms with van der Waals surface area (Å²) in [7, 11) is 1.23. The average molecular weight is 485 g/mol. The number of carbonyl (C=O) groups excluding carboxylic acids is 4. The second-order valence-electron chi connectivity index (χ2n) is 8.47. The predicted octanol–water partition coefficient (Wildman–Crippen LogP) is 3.14. The molecule has 0 aliphatic carbocycles. The number of rotatable bonds is 7. The number of nitrogens with zero attached hydrogens (tertiary/aromatic N) is 1. The highest BCUT2D eigenvalue weighted by molar-refractivity contribution is 7.98. The van der Waals surface area contributed by atoms with Crippen molar-refractivity contribution in [3.8, 4) is 0 Å². The summed E-state index contributed by atoms with van der Waals surface area (Å²) >= 11 is 1.48. The van der Waals surface area contributed by atoms with Crippen molar-refractivity contribution in [3.63, 3.8) is 0 Å². The van der Waals surface area contributed by atoms with E-state index in [1.165, 1.54) is 44.0 Å². The molecule has 0 saturated carbocycles. The third kappa shape index (κ3) is 3.73. The zero-order valence-corrected chi connectivity index (χ0v) is 19.9. The Morgan fingerprint density at radius 2 is 1.88 bits per heavy atom. The van der Waals surface area contributed by atoms with Crippen LogP contribution in [0, 0.1) is 17.7 Å².